The summed E-state index contributed by atoms with van der Waals surface area (Å²) in [6.45, 7) is 3.22. The monoisotopic (exact) mass is 334 g/mol. The molecule has 0 spiro atoms. The van der Waals surface area contributed by atoms with E-state index in [-0.39, 0.29) is 11.9 Å². The van der Waals surface area contributed by atoms with E-state index in [1.807, 2.05) is 19.1 Å². The minimum absolute atomic E-state index is 0.000469. The number of amides is 1. The highest BCUT2D eigenvalue weighted by Crippen LogP contribution is 2.20. The van der Waals surface area contributed by atoms with Crippen molar-refractivity contribution in [1.82, 2.24) is 25.1 Å². The van der Waals surface area contributed by atoms with Crippen LogP contribution < -0.4 is 5.73 Å². The van der Waals surface area contributed by atoms with E-state index in [1.165, 1.54) is 4.80 Å². The number of tetrazole rings is 1. The van der Waals surface area contributed by atoms with Gasteiger partial charge in [-0.05, 0) is 42.3 Å². The lowest BCUT2D eigenvalue weighted by atomic mass is 10.2. The fourth-order valence-corrected chi connectivity index (χ4v) is 2.83. The number of likely N-dealkylation sites (tertiary alicyclic amines) is 1. The Morgan fingerprint density at radius 3 is 2.78 bits per heavy atom. The van der Waals surface area contributed by atoms with Crippen LogP contribution in [0.3, 0.4) is 0 Å². The van der Waals surface area contributed by atoms with E-state index in [0.29, 0.717) is 30.4 Å². The molecule has 3 rings (SSSR count). The molecule has 23 heavy (non-hydrogen) atoms. The lowest BCUT2D eigenvalue weighted by Gasteiger charge is -2.21. The minimum atomic E-state index is -0.450. The topological polar surface area (TPSA) is 89.9 Å². The lowest BCUT2D eigenvalue weighted by Crippen LogP contribution is -2.38. The molecule has 0 aliphatic carbocycles. The normalized spacial score (nSPS) is 19.1. The molecule has 2 N–H and O–H groups in total. The van der Waals surface area contributed by atoms with Crippen molar-refractivity contribution in [3.8, 4) is 11.4 Å². The second-order valence-electron chi connectivity index (χ2n) is 5.70. The van der Waals surface area contributed by atoms with Gasteiger partial charge in [-0.15, -0.1) is 10.2 Å². The molecule has 1 aromatic carbocycles. The van der Waals surface area contributed by atoms with Crippen LogP contribution >= 0.6 is 11.6 Å². The van der Waals surface area contributed by atoms with Crippen LogP contribution in [-0.2, 0) is 4.79 Å². The highest BCUT2D eigenvalue weighted by atomic mass is 35.5. The van der Waals surface area contributed by atoms with Crippen molar-refractivity contribution in [1.29, 1.82) is 0 Å². The summed E-state index contributed by atoms with van der Waals surface area (Å²) in [5, 5.41) is 13.1. The number of halogens is 1. The summed E-state index contributed by atoms with van der Waals surface area (Å²) in [6.07, 6.45) is 1.43. The van der Waals surface area contributed by atoms with Gasteiger partial charge in [0.15, 0.2) is 6.04 Å². The summed E-state index contributed by atoms with van der Waals surface area (Å²) in [5.74, 6) is 0.478. The van der Waals surface area contributed by atoms with Gasteiger partial charge in [0.2, 0.25) is 11.7 Å². The van der Waals surface area contributed by atoms with Gasteiger partial charge in [0.25, 0.3) is 0 Å². The van der Waals surface area contributed by atoms with Crippen molar-refractivity contribution in [2.24, 2.45) is 5.73 Å². The molecule has 8 heteroatoms. The first-order chi connectivity index (χ1) is 11.1. The fourth-order valence-electron chi connectivity index (χ4n) is 2.71. The molecule has 2 atom stereocenters. The van der Waals surface area contributed by atoms with E-state index in [1.54, 1.807) is 17.0 Å². The number of carbonyl (C=O) groups is 1. The van der Waals surface area contributed by atoms with Crippen LogP contribution in [0, 0.1) is 0 Å². The number of nitrogens with zero attached hydrogens (tertiary/aromatic N) is 5. The highest BCUT2D eigenvalue weighted by Gasteiger charge is 2.31. The van der Waals surface area contributed by atoms with Crippen molar-refractivity contribution in [2.45, 2.75) is 31.8 Å². The zero-order chi connectivity index (χ0) is 16.4. The SMILES string of the molecule is CC[C@@H](C(=O)N1CC[C@@H](N)C1)n1nnc(-c2ccc(Cl)cc2)n1. The van der Waals surface area contributed by atoms with Gasteiger partial charge in [-0.25, -0.2) is 0 Å². The quantitative estimate of drug-likeness (QED) is 0.915. The molecular formula is C15H19ClN6O. The van der Waals surface area contributed by atoms with E-state index in [9.17, 15) is 4.79 Å². The number of hydrogen-bond donors (Lipinski definition) is 1. The molecule has 1 amide bonds. The summed E-state index contributed by atoms with van der Waals surface area (Å²) in [5.41, 5.74) is 6.69. The smallest absolute Gasteiger partial charge is 0.249 e. The van der Waals surface area contributed by atoms with Crippen LogP contribution in [0.1, 0.15) is 25.8 Å². The number of rotatable bonds is 4. The van der Waals surface area contributed by atoms with Crippen molar-refractivity contribution in [3.05, 3.63) is 29.3 Å². The molecule has 1 aliphatic heterocycles. The zero-order valence-electron chi connectivity index (χ0n) is 12.9. The van der Waals surface area contributed by atoms with Crippen molar-refractivity contribution < 1.29 is 4.79 Å². The minimum Gasteiger partial charge on any atom is -0.339 e. The Kier molecular flexibility index (Phi) is 4.58. The molecular weight excluding hydrogens is 316 g/mol. The maximum absolute atomic E-state index is 12.6. The Labute approximate surface area is 139 Å². The van der Waals surface area contributed by atoms with Crippen LogP contribution in [0.25, 0.3) is 11.4 Å². The van der Waals surface area contributed by atoms with E-state index in [4.69, 9.17) is 17.3 Å². The van der Waals surface area contributed by atoms with Gasteiger partial charge < -0.3 is 10.6 Å². The average molecular weight is 335 g/mol. The van der Waals surface area contributed by atoms with Crippen molar-refractivity contribution in [2.75, 3.05) is 13.1 Å². The summed E-state index contributed by atoms with van der Waals surface area (Å²) < 4.78 is 0. The molecule has 1 fully saturated rings. The first-order valence-corrected chi connectivity index (χ1v) is 8.06. The number of aromatic nitrogens is 4. The van der Waals surface area contributed by atoms with Crippen LogP contribution in [-0.4, -0.2) is 50.1 Å². The lowest BCUT2D eigenvalue weighted by molar-refractivity contribution is -0.134. The third-order valence-electron chi connectivity index (χ3n) is 4.02. The van der Waals surface area contributed by atoms with Gasteiger partial charge in [-0.1, -0.05) is 18.5 Å². The molecule has 1 aliphatic rings. The third kappa shape index (κ3) is 3.35. The molecule has 0 radical (unpaired) electrons. The molecule has 0 bridgehead atoms. The van der Waals surface area contributed by atoms with Gasteiger partial charge in [-0.3, -0.25) is 4.79 Å². The van der Waals surface area contributed by atoms with Gasteiger partial charge in [0.1, 0.15) is 0 Å². The predicted octanol–water partition coefficient (Wildman–Crippen LogP) is 1.50. The van der Waals surface area contributed by atoms with Gasteiger partial charge >= 0.3 is 0 Å². The van der Waals surface area contributed by atoms with Crippen molar-refractivity contribution >= 4 is 17.5 Å². The Hall–Kier alpha value is -1.99. The van der Waals surface area contributed by atoms with Crippen LogP contribution in [0.4, 0.5) is 0 Å². The number of hydrogen-bond acceptors (Lipinski definition) is 5. The zero-order valence-corrected chi connectivity index (χ0v) is 13.6. The Morgan fingerprint density at radius 1 is 1.43 bits per heavy atom. The largest absolute Gasteiger partial charge is 0.339 e. The molecule has 122 valence electrons. The predicted molar refractivity (Wildman–Crippen MR) is 86.8 cm³/mol. The number of nitrogens with two attached hydrogens (primary N) is 1. The maximum atomic E-state index is 12.6. The molecule has 0 saturated carbocycles. The number of carbonyl (C=O) groups excluding carboxylic acids is 1. The molecule has 1 aromatic heterocycles. The standard InChI is InChI=1S/C15H19ClN6O/c1-2-13(15(23)21-8-7-12(17)9-21)22-19-14(18-20-22)10-3-5-11(16)6-4-10/h3-6,12-13H,2,7-9,17H2,1H3/t12-,13+/m1/s1. The second kappa shape index (κ2) is 6.64. The molecule has 0 unspecified atom stereocenters. The van der Waals surface area contributed by atoms with Crippen LogP contribution in [0.15, 0.2) is 24.3 Å². The first kappa shape index (κ1) is 15.9. The van der Waals surface area contributed by atoms with Gasteiger partial charge in [0.05, 0.1) is 0 Å². The van der Waals surface area contributed by atoms with Gasteiger partial charge in [0, 0.05) is 29.7 Å². The summed E-state index contributed by atoms with van der Waals surface area (Å²) in [7, 11) is 0. The second-order valence-corrected chi connectivity index (χ2v) is 6.13. The van der Waals surface area contributed by atoms with Gasteiger partial charge in [-0.2, -0.15) is 4.80 Å². The maximum Gasteiger partial charge on any atom is 0.249 e. The number of benzene rings is 1. The van der Waals surface area contributed by atoms with E-state index < -0.39 is 6.04 Å². The summed E-state index contributed by atoms with van der Waals surface area (Å²) in [4.78, 5) is 15.8. The van der Waals surface area contributed by atoms with Crippen molar-refractivity contribution in [3.63, 3.8) is 0 Å². The van der Waals surface area contributed by atoms with Crippen LogP contribution in [0.5, 0.6) is 0 Å². The Bertz CT molecular complexity index is 686. The average Bonchev–Trinajstić information content (AvgIpc) is 3.18. The molecule has 1 saturated heterocycles. The van der Waals surface area contributed by atoms with E-state index >= 15 is 0 Å². The van der Waals surface area contributed by atoms with E-state index in [0.717, 1.165) is 12.0 Å². The van der Waals surface area contributed by atoms with E-state index in [2.05, 4.69) is 15.4 Å². The summed E-state index contributed by atoms with van der Waals surface area (Å²) in [6, 6.07) is 6.80. The Balaban J connectivity index is 1.79. The summed E-state index contributed by atoms with van der Waals surface area (Å²) >= 11 is 5.88. The molecule has 2 aromatic rings. The highest BCUT2D eigenvalue weighted by molar-refractivity contribution is 6.30. The third-order valence-corrected chi connectivity index (χ3v) is 4.27. The molecule has 2 heterocycles. The molecule has 7 nitrogen and oxygen atoms in total. The Morgan fingerprint density at radius 2 is 2.17 bits per heavy atom. The first-order valence-electron chi connectivity index (χ1n) is 7.68. The van der Waals surface area contributed by atoms with Crippen LogP contribution in [0.2, 0.25) is 5.02 Å². The fraction of sp³-hybridized carbons (Fsp3) is 0.467.